The molecular formula is C26H26N4O2S. The Kier molecular flexibility index (Phi) is 5.15. The number of hydrogen-bond donors (Lipinski definition) is 2. The molecule has 0 unspecified atom stereocenters. The van der Waals surface area contributed by atoms with Crippen molar-refractivity contribution >= 4 is 55.4 Å². The van der Waals surface area contributed by atoms with Gasteiger partial charge in [-0.05, 0) is 48.3 Å². The number of hydrogen-bond acceptors (Lipinski definition) is 6. The molecular weight excluding hydrogens is 432 g/mol. The molecule has 6 nitrogen and oxygen atoms in total. The minimum atomic E-state index is -0.177. The molecule has 2 aromatic heterocycles. The van der Waals surface area contributed by atoms with Crippen LogP contribution < -0.4 is 16.0 Å². The van der Waals surface area contributed by atoms with E-state index in [2.05, 4.69) is 10.2 Å². The van der Waals surface area contributed by atoms with Crippen LogP contribution in [0, 0.1) is 0 Å². The summed E-state index contributed by atoms with van der Waals surface area (Å²) in [5.41, 5.74) is 10.6. The van der Waals surface area contributed by atoms with Crippen LogP contribution in [0.15, 0.2) is 42.5 Å². The van der Waals surface area contributed by atoms with Gasteiger partial charge < -0.3 is 20.7 Å². The normalized spacial score (nSPS) is 16.2. The van der Waals surface area contributed by atoms with Crippen molar-refractivity contribution in [3.05, 3.63) is 58.5 Å². The fourth-order valence-electron chi connectivity index (χ4n) is 5.11. The summed E-state index contributed by atoms with van der Waals surface area (Å²) in [7, 11) is 0. The Morgan fingerprint density at radius 1 is 1.03 bits per heavy atom. The number of nitrogen functional groups attached to an aromatic ring is 1. The smallest absolute Gasteiger partial charge is 0.267 e. The first kappa shape index (κ1) is 20.4. The minimum absolute atomic E-state index is 0.177. The Morgan fingerprint density at radius 3 is 2.64 bits per heavy atom. The molecule has 1 saturated heterocycles. The van der Waals surface area contributed by atoms with Crippen molar-refractivity contribution in [3.63, 3.8) is 0 Å². The molecule has 0 saturated carbocycles. The van der Waals surface area contributed by atoms with E-state index in [-0.39, 0.29) is 5.91 Å². The number of benzene rings is 2. The number of carbonyl (C=O) groups is 1. The van der Waals surface area contributed by atoms with Gasteiger partial charge in [-0.3, -0.25) is 4.79 Å². The van der Waals surface area contributed by atoms with Crippen molar-refractivity contribution in [2.45, 2.75) is 25.7 Å². The van der Waals surface area contributed by atoms with E-state index < -0.39 is 0 Å². The number of morpholine rings is 1. The van der Waals surface area contributed by atoms with Crippen LogP contribution in [0.3, 0.4) is 0 Å². The van der Waals surface area contributed by atoms with Crippen molar-refractivity contribution in [2.75, 3.05) is 42.3 Å². The zero-order valence-corrected chi connectivity index (χ0v) is 19.2. The minimum Gasteiger partial charge on any atom is -0.397 e. The maximum atomic E-state index is 13.4. The van der Waals surface area contributed by atoms with Crippen LogP contribution in [0.1, 0.15) is 33.6 Å². The van der Waals surface area contributed by atoms with E-state index in [9.17, 15) is 4.79 Å². The van der Waals surface area contributed by atoms with Crippen LogP contribution in [0.25, 0.3) is 21.0 Å². The van der Waals surface area contributed by atoms with Gasteiger partial charge in [0.15, 0.2) is 0 Å². The first-order chi connectivity index (χ1) is 16.2. The van der Waals surface area contributed by atoms with E-state index in [1.807, 2.05) is 42.5 Å². The number of nitrogens with two attached hydrogens (primary N) is 1. The molecule has 6 rings (SSSR count). The molecule has 1 aliphatic carbocycles. The van der Waals surface area contributed by atoms with E-state index in [0.29, 0.717) is 10.6 Å². The third-order valence-corrected chi connectivity index (χ3v) is 7.83. The highest BCUT2D eigenvalue weighted by molar-refractivity contribution is 7.21. The van der Waals surface area contributed by atoms with Gasteiger partial charge in [0.05, 0.1) is 18.9 Å². The summed E-state index contributed by atoms with van der Waals surface area (Å²) in [6, 6.07) is 14.0. The number of rotatable bonds is 3. The molecule has 2 aromatic carbocycles. The molecule has 7 heteroatoms. The van der Waals surface area contributed by atoms with Gasteiger partial charge in [0.2, 0.25) is 0 Å². The fraction of sp³-hybridized carbons (Fsp3) is 0.308. The summed E-state index contributed by atoms with van der Waals surface area (Å²) >= 11 is 1.40. The summed E-state index contributed by atoms with van der Waals surface area (Å²) in [4.78, 5) is 22.2. The van der Waals surface area contributed by atoms with E-state index in [1.54, 1.807) is 0 Å². The topological polar surface area (TPSA) is 80.5 Å². The van der Waals surface area contributed by atoms with Gasteiger partial charge in [0, 0.05) is 29.5 Å². The Hall–Kier alpha value is -3.16. The number of aromatic nitrogens is 1. The largest absolute Gasteiger partial charge is 0.397 e. The third-order valence-electron chi connectivity index (χ3n) is 6.73. The van der Waals surface area contributed by atoms with Crippen LogP contribution in [0.2, 0.25) is 0 Å². The van der Waals surface area contributed by atoms with Gasteiger partial charge in [0.25, 0.3) is 5.91 Å². The summed E-state index contributed by atoms with van der Waals surface area (Å²) in [6.07, 6.45) is 4.30. The van der Waals surface area contributed by atoms with Crippen molar-refractivity contribution in [3.8, 4) is 0 Å². The van der Waals surface area contributed by atoms with Crippen molar-refractivity contribution in [1.29, 1.82) is 0 Å². The number of pyridine rings is 1. The second-order valence-electron chi connectivity index (χ2n) is 8.70. The monoisotopic (exact) mass is 458 g/mol. The molecule has 1 aliphatic heterocycles. The lowest BCUT2D eigenvalue weighted by Gasteiger charge is -2.31. The Bertz CT molecular complexity index is 1370. The number of anilines is 3. The zero-order chi connectivity index (χ0) is 22.4. The number of aryl methyl sites for hydroxylation is 1. The van der Waals surface area contributed by atoms with Crippen molar-refractivity contribution in [1.82, 2.24) is 4.98 Å². The van der Waals surface area contributed by atoms with Gasteiger partial charge in [-0.2, -0.15) is 0 Å². The van der Waals surface area contributed by atoms with E-state index in [0.717, 1.165) is 84.5 Å². The van der Waals surface area contributed by atoms with Crippen molar-refractivity contribution < 1.29 is 9.53 Å². The number of carbonyl (C=O) groups excluding carboxylic acids is 1. The SMILES string of the molecule is Nc1c(C(=O)Nc2cccc3ccccc23)sc2nc(N3CCOCC3)c3c(c12)CCCC3. The molecule has 0 atom stereocenters. The molecule has 0 radical (unpaired) electrons. The number of thiophene rings is 1. The van der Waals surface area contributed by atoms with E-state index in [1.165, 1.54) is 22.5 Å². The Morgan fingerprint density at radius 2 is 1.79 bits per heavy atom. The van der Waals surface area contributed by atoms with Crippen LogP contribution in [0.5, 0.6) is 0 Å². The molecule has 3 heterocycles. The predicted octanol–water partition coefficient (Wildman–Crippen LogP) is 5.00. The molecule has 4 aromatic rings. The fourth-order valence-corrected chi connectivity index (χ4v) is 6.13. The van der Waals surface area contributed by atoms with E-state index >= 15 is 0 Å². The molecule has 33 heavy (non-hydrogen) atoms. The lowest BCUT2D eigenvalue weighted by molar-refractivity contribution is 0.103. The Balaban J connectivity index is 1.43. The Labute approximate surface area is 196 Å². The van der Waals surface area contributed by atoms with Crippen LogP contribution in [-0.4, -0.2) is 37.2 Å². The molecule has 168 valence electrons. The molecule has 1 fully saturated rings. The number of fused-ring (bicyclic) bond motifs is 4. The molecule has 0 bridgehead atoms. The summed E-state index contributed by atoms with van der Waals surface area (Å²) in [6.45, 7) is 3.14. The molecule has 0 spiro atoms. The quantitative estimate of drug-likeness (QED) is 0.452. The van der Waals surface area contributed by atoms with E-state index in [4.69, 9.17) is 15.5 Å². The standard InChI is InChI=1S/C26H26N4O2S/c27-22-21-18-9-3-4-10-19(18)24(30-12-14-32-15-13-30)29-26(21)33-23(22)25(31)28-20-11-5-7-16-6-1-2-8-17(16)20/h1-2,5-8,11H,3-4,9-10,12-15,27H2,(H,28,31). The highest BCUT2D eigenvalue weighted by Gasteiger charge is 2.27. The van der Waals surface area contributed by atoms with Crippen molar-refractivity contribution in [2.24, 2.45) is 0 Å². The van der Waals surface area contributed by atoms with Gasteiger partial charge >= 0.3 is 0 Å². The second-order valence-corrected chi connectivity index (χ2v) is 9.70. The maximum absolute atomic E-state index is 13.4. The number of amides is 1. The van der Waals surface area contributed by atoms with Crippen LogP contribution in [0.4, 0.5) is 17.2 Å². The number of nitrogens with one attached hydrogen (secondary N) is 1. The first-order valence-corrected chi connectivity index (χ1v) is 12.4. The maximum Gasteiger partial charge on any atom is 0.267 e. The summed E-state index contributed by atoms with van der Waals surface area (Å²) in [5.74, 6) is 0.882. The second kappa shape index (κ2) is 8.32. The summed E-state index contributed by atoms with van der Waals surface area (Å²) < 4.78 is 5.55. The highest BCUT2D eigenvalue weighted by Crippen LogP contribution is 2.42. The third kappa shape index (κ3) is 3.52. The molecule has 1 amide bonds. The van der Waals surface area contributed by atoms with Crippen LogP contribution >= 0.6 is 11.3 Å². The molecule has 2 aliphatic rings. The lowest BCUT2D eigenvalue weighted by Crippen LogP contribution is -2.37. The summed E-state index contributed by atoms with van der Waals surface area (Å²) in [5, 5.41) is 6.18. The van der Waals surface area contributed by atoms with Gasteiger partial charge in [0.1, 0.15) is 15.5 Å². The zero-order valence-electron chi connectivity index (χ0n) is 18.4. The number of nitrogens with zero attached hydrogens (tertiary/aromatic N) is 2. The van der Waals surface area contributed by atoms with Crippen LogP contribution in [-0.2, 0) is 17.6 Å². The van der Waals surface area contributed by atoms with Gasteiger partial charge in [-0.25, -0.2) is 4.98 Å². The molecule has 3 N–H and O–H groups in total. The lowest BCUT2D eigenvalue weighted by atomic mass is 9.89. The highest BCUT2D eigenvalue weighted by atomic mass is 32.1. The van der Waals surface area contributed by atoms with Gasteiger partial charge in [-0.15, -0.1) is 11.3 Å². The van der Waals surface area contributed by atoms with Gasteiger partial charge in [-0.1, -0.05) is 36.4 Å². The average molecular weight is 459 g/mol. The average Bonchev–Trinajstić information content (AvgIpc) is 3.21. The first-order valence-electron chi connectivity index (χ1n) is 11.6. The predicted molar refractivity (Wildman–Crippen MR) is 136 cm³/mol. The number of ether oxygens (including phenoxy) is 1.